The normalized spacial score (nSPS) is 16.7. The van der Waals surface area contributed by atoms with E-state index in [9.17, 15) is 4.79 Å². The maximum Gasteiger partial charge on any atom is 0.222 e. The molecule has 1 fully saturated rings. The molecule has 0 spiro atoms. The lowest BCUT2D eigenvalue weighted by molar-refractivity contribution is -0.128. The number of benzene rings is 1. The van der Waals surface area contributed by atoms with Crippen molar-refractivity contribution in [2.45, 2.75) is 38.9 Å². The van der Waals surface area contributed by atoms with E-state index in [4.69, 9.17) is 10.5 Å². The van der Waals surface area contributed by atoms with E-state index < -0.39 is 0 Å². The number of nitrogens with two attached hydrogens (primary N) is 1. The molecule has 3 N–H and O–H groups in total. The molecule has 1 unspecified atom stereocenters. The number of carbonyl (C=O) groups is 1. The monoisotopic (exact) mass is 318 g/mol. The summed E-state index contributed by atoms with van der Waals surface area (Å²) in [4.78, 5) is 17.9. The van der Waals surface area contributed by atoms with Crippen molar-refractivity contribution < 1.29 is 9.53 Å². The average molecular weight is 318 g/mol. The van der Waals surface area contributed by atoms with Gasteiger partial charge in [0.1, 0.15) is 0 Å². The zero-order valence-corrected chi connectivity index (χ0v) is 13.9. The predicted molar refractivity (Wildman–Crippen MR) is 90.9 cm³/mol. The Bertz CT molecular complexity index is 542. The van der Waals surface area contributed by atoms with Crippen molar-refractivity contribution in [3.8, 4) is 0 Å². The Morgan fingerprint density at radius 3 is 2.70 bits per heavy atom. The number of ether oxygens (including phenoxy) is 1. The van der Waals surface area contributed by atoms with Crippen LogP contribution in [0, 0.1) is 0 Å². The standard InChI is InChI=1S/C17H26N4O2/c1-13(12-23-2)20-17(18)19-10-14-5-7-15(8-6-14)11-21-9-3-4-16(21)22/h5-8,13H,3-4,9-12H2,1-2H3,(H3,18,19,20). The number of rotatable bonds is 7. The number of methoxy groups -OCH3 is 1. The minimum atomic E-state index is 0.129. The van der Waals surface area contributed by atoms with Crippen LogP contribution in [-0.4, -0.2) is 43.1 Å². The highest BCUT2D eigenvalue weighted by Crippen LogP contribution is 2.15. The second kappa shape index (κ2) is 8.53. The molecule has 126 valence electrons. The quantitative estimate of drug-likeness (QED) is 0.586. The van der Waals surface area contributed by atoms with Crippen LogP contribution in [0.1, 0.15) is 30.9 Å². The van der Waals surface area contributed by atoms with Gasteiger partial charge in [-0.3, -0.25) is 4.79 Å². The van der Waals surface area contributed by atoms with Crippen LogP contribution in [-0.2, 0) is 22.6 Å². The first-order valence-corrected chi connectivity index (χ1v) is 7.99. The second-order valence-corrected chi connectivity index (χ2v) is 5.94. The molecule has 0 radical (unpaired) electrons. The SMILES string of the molecule is COCC(C)NC(N)=NCc1ccc(CN2CCCC2=O)cc1. The van der Waals surface area contributed by atoms with Crippen molar-refractivity contribution >= 4 is 11.9 Å². The lowest BCUT2D eigenvalue weighted by Gasteiger charge is -2.15. The van der Waals surface area contributed by atoms with Gasteiger partial charge in [0.25, 0.3) is 0 Å². The minimum absolute atomic E-state index is 0.129. The number of nitrogens with one attached hydrogen (secondary N) is 1. The summed E-state index contributed by atoms with van der Waals surface area (Å²) < 4.78 is 5.04. The van der Waals surface area contributed by atoms with Gasteiger partial charge in [-0.25, -0.2) is 4.99 Å². The summed E-state index contributed by atoms with van der Waals surface area (Å²) in [6.07, 6.45) is 1.65. The summed E-state index contributed by atoms with van der Waals surface area (Å²) in [6.45, 7) is 4.66. The van der Waals surface area contributed by atoms with Crippen LogP contribution in [0.2, 0.25) is 0 Å². The van der Waals surface area contributed by atoms with Crippen LogP contribution in [0.25, 0.3) is 0 Å². The largest absolute Gasteiger partial charge is 0.383 e. The highest BCUT2D eigenvalue weighted by Gasteiger charge is 2.19. The van der Waals surface area contributed by atoms with E-state index in [0.29, 0.717) is 32.1 Å². The summed E-state index contributed by atoms with van der Waals surface area (Å²) in [5.41, 5.74) is 8.08. The summed E-state index contributed by atoms with van der Waals surface area (Å²) in [7, 11) is 1.66. The molecule has 23 heavy (non-hydrogen) atoms. The molecule has 1 heterocycles. The number of amides is 1. The molecule has 1 aliphatic rings. The van der Waals surface area contributed by atoms with Crippen LogP contribution in [0.4, 0.5) is 0 Å². The number of hydrogen-bond donors (Lipinski definition) is 2. The van der Waals surface area contributed by atoms with Crippen LogP contribution < -0.4 is 11.1 Å². The van der Waals surface area contributed by atoms with E-state index in [-0.39, 0.29) is 11.9 Å². The maximum atomic E-state index is 11.6. The molecule has 6 heteroatoms. The second-order valence-electron chi connectivity index (χ2n) is 5.94. The predicted octanol–water partition coefficient (Wildman–Crippen LogP) is 1.25. The third-order valence-electron chi connectivity index (χ3n) is 3.81. The third kappa shape index (κ3) is 5.56. The number of hydrogen-bond acceptors (Lipinski definition) is 3. The van der Waals surface area contributed by atoms with Gasteiger partial charge < -0.3 is 20.7 Å². The molecule has 0 aromatic heterocycles. The molecule has 1 aromatic rings. The van der Waals surface area contributed by atoms with E-state index in [1.165, 1.54) is 0 Å². The van der Waals surface area contributed by atoms with Crippen molar-refractivity contribution in [1.82, 2.24) is 10.2 Å². The van der Waals surface area contributed by atoms with E-state index in [1.807, 2.05) is 36.1 Å². The first-order chi connectivity index (χ1) is 11.1. The molecule has 1 saturated heterocycles. The fraction of sp³-hybridized carbons (Fsp3) is 0.529. The van der Waals surface area contributed by atoms with Gasteiger partial charge in [-0.2, -0.15) is 0 Å². The summed E-state index contributed by atoms with van der Waals surface area (Å²) in [6, 6.07) is 8.29. The van der Waals surface area contributed by atoms with Crippen molar-refractivity contribution in [3.63, 3.8) is 0 Å². The molecule has 0 saturated carbocycles. The Labute approximate surface area is 137 Å². The molecular formula is C17H26N4O2. The molecular weight excluding hydrogens is 292 g/mol. The molecule has 1 amide bonds. The van der Waals surface area contributed by atoms with E-state index in [2.05, 4.69) is 10.3 Å². The van der Waals surface area contributed by atoms with Crippen molar-refractivity contribution in [3.05, 3.63) is 35.4 Å². The fourth-order valence-electron chi connectivity index (χ4n) is 2.61. The van der Waals surface area contributed by atoms with Gasteiger partial charge in [0.15, 0.2) is 5.96 Å². The van der Waals surface area contributed by atoms with E-state index >= 15 is 0 Å². The zero-order valence-electron chi connectivity index (χ0n) is 13.9. The molecule has 1 aromatic carbocycles. The Kier molecular flexibility index (Phi) is 6.40. The number of nitrogens with zero attached hydrogens (tertiary/aromatic N) is 2. The maximum absolute atomic E-state index is 11.6. The van der Waals surface area contributed by atoms with Crippen LogP contribution >= 0.6 is 0 Å². The van der Waals surface area contributed by atoms with Gasteiger partial charge in [-0.05, 0) is 24.5 Å². The third-order valence-corrected chi connectivity index (χ3v) is 3.81. The Hall–Kier alpha value is -2.08. The van der Waals surface area contributed by atoms with Crippen molar-refractivity contribution in [2.75, 3.05) is 20.3 Å². The van der Waals surface area contributed by atoms with Gasteiger partial charge in [-0.15, -0.1) is 0 Å². The number of carbonyl (C=O) groups excluding carboxylic acids is 1. The highest BCUT2D eigenvalue weighted by atomic mass is 16.5. The molecule has 0 bridgehead atoms. The Morgan fingerprint density at radius 1 is 1.39 bits per heavy atom. The first kappa shape index (κ1) is 17.3. The Morgan fingerprint density at radius 2 is 2.09 bits per heavy atom. The summed E-state index contributed by atoms with van der Waals surface area (Å²) in [5.74, 6) is 0.670. The van der Waals surface area contributed by atoms with Gasteiger partial charge in [-0.1, -0.05) is 24.3 Å². The molecule has 2 rings (SSSR count). The highest BCUT2D eigenvalue weighted by molar-refractivity contribution is 5.78. The minimum Gasteiger partial charge on any atom is -0.383 e. The van der Waals surface area contributed by atoms with Gasteiger partial charge in [0, 0.05) is 32.7 Å². The lowest BCUT2D eigenvalue weighted by atomic mass is 10.1. The van der Waals surface area contributed by atoms with Gasteiger partial charge in [0.05, 0.1) is 13.2 Å². The number of likely N-dealkylation sites (tertiary alicyclic amines) is 1. The Balaban J connectivity index is 1.83. The van der Waals surface area contributed by atoms with Crippen molar-refractivity contribution in [1.29, 1.82) is 0 Å². The van der Waals surface area contributed by atoms with Crippen LogP contribution in [0.3, 0.4) is 0 Å². The van der Waals surface area contributed by atoms with Gasteiger partial charge in [0.2, 0.25) is 5.91 Å². The van der Waals surface area contributed by atoms with E-state index in [0.717, 1.165) is 24.1 Å². The zero-order chi connectivity index (χ0) is 16.7. The number of guanidine groups is 1. The molecule has 0 aliphatic carbocycles. The lowest BCUT2D eigenvalue weighted by Crippen LogP contribution is -2.40. The first-order valence-electron chi connectivity index (χ1n) is 7.99. The molecule has 1 atom stereocenters. The fourth-order valence-corrected chi connectivity index (χ4v) is 2.61. The summed E-state index contributed by atoms with van der Waals surface area (Å²) >= 11 is 0. The van der Waals surface area contributed by atoms with Crippen LogP contribution in [0.15, 0.2) is 29.3 Å². The smallest absolute Gasteiger partial charge is 0.222 e. The van der Waals surface area contributed by atoms with Crippen LogP contribution in [0.5, 0.6) is 0 Å². The number of aliphatic imine (C=N–C) groups is 1. The molecule has 6 nitrogen and oxygen atoms in total. The molecule has 1 aliphatic heterocycles. The topological polar surface area (TPSA) is 80.0 Å². The van der Waals surface area contributed by atoms with E-state index in [1.54, 1.807) is 7.11 Å². The summed E-state index contributed by atoms with van der Waals surface area (Å²) in [5, 5.41) is 3.07. The average Bonchev–Trinajstić information content (AvgIpc) is 2.92. The van der Waals surface area contributed by atoms with Crippen molar-refractivity contribution in [2.24, 2.45) is 10.7 Å². The van der Waals surface area contributed by atoms with Gasteiger partial charge >= 0.3 is 0 Å².